The third kappa shape index (κ3) is 16.0. The first-order chi connectivity index (χ1) is 33.3. The molecule has 0 radical (unpaired) electrons. The molecule has 6 heteroatoms. The molecule has 0 nitrogen and oxygen atoms in total. The Labute approximate surface area is 458 Å². The zero-order valence-electron chi connectivity index (χ0n) is 40.2. The van der Waals surface area contributed by atoms with Crippen molar-refractivity contribution in [2.75, 3.05) is 0 Å². The van der Waals surface area contributed by atoms with E-state index in [4.69, 9.17) is 0 Å². The average molecular weight is 1310 g/mol. The van der Waals surface area contributed by atoms with Gasteiger partial charge in [0.05, 0.1) is 0 Å². The van der Waals surface area contributed by atoms with E-state index in [0.717, 1.165) is 0 Å². The molecule has 0 N–H and O–H groups in total. The number of benzene rings is 8. The van der Waals surface area contributed by atoms with Gasteiger partial charge in [-0.3, -0.25) is 0 Å². The van der Waals surface area contributed by atoms with Crippen molar-refractivity contribution in [2.45, 2.75) is 26.2 Å². The molecule has 0 atom stereocenters. The molecule has 0 heterocycles. The molecule has 0 fully saturated rings. The predicted molar refractivity (Wildman–Crippen MR) is 295 cm³/mol. The maximum Gasteiger partial charge on any atom is -0.0279 e. The number of halogens is 2. The molecular weight excluding hydrogens is 1250 g/mol. The zero-order valence-corrected chi connectivity index (χ0v) is 50.9. The van der Waals surface area contributed by atoms with Crippen LogP contribution in [-0.4, -0.2) is 11.0 Å². The Bertz CT molecular complexity index is 2960. The van der Waals surface area contributed by atoms with Crippen molar-refractivity contribution in [1.82, 2.24) is 0 Å². The van der Waals surface area contributed by atoms with E-state index in [1.165, 1.54) is 134 Å². The van der Waals surface area contributed by atoms with Gasteiger partial charge >= 0.3 is 83.2 Å². The number of rotatable bonds is 4. The van der Waals surface area contributed by atoms with Crippen molar-refractivity contribution in [2.24, 2.45) is 0 Å². The predicted octanol–water partition coefficient (Wildman–Crippen LogP) is 12.5. The van der Waals surface area contributed by atoms with Crippen LogP contribution >= 0.6 is 0 Å². The Morgan fingerprint density at radius 1 is 0.257 bits per heavy atom. The summed E-state index contributed by atoms with van der Waals surface area (Å²) in [6.07, 6.45) is 0. The van der Waals surface area contributed by atoms with Gasteiger partial charge in [0.25, 0.3) is 0 Å². The van der Waals surface area contributed by atoms with Crippen LogP contribution in [0.3, 0.4) is 0 Å². The second kappa shape index (κ2) is 29.3. The maximum absolute atomic E-state index is 2.33. The van der Waals surface area contributed by atoms with Gasteiger partial charge in [-0.2, -0.15) is 48.5 Å². The molecule has 0 unspecified atom stereocenters. The molecule has 12 rings (SSSR count). The fraction of sp³-hybridized carbons (Fsp3) is 0.0625. The summed E-state index contributed by atoms with van der Waals surface area (Å²) in [5, 5.41) is 10.6. The van der Waals surface area contributed by atoms with Crippen LogP contribution in [0.1, 0.15) is 0 Å². The summed E-state index contributed by atoms with van der Waals surface area (Å²) in [6, 6.07) is 93.6. The summed E-state index contributed by atoms with van der Waals surface area (Å²) < 4.78 is 0. The van der Waals surface area contributed by atoms with Crippen molar-refractivity contribution in [1.29, 1.82) is 0 Å². The Morgan fingerprint density at radius 3 is 0.629 bits per heavy atom. The van der Waals surface area contributed by atoms with E-state index in [2.05, 4.69) is 293 Å². The van der Waals surface area contributed by atoms with Crippen molar-refractivity contribution in [3.8, 4) is 44.5 Å². The molecule has 0 aliphatic carbocycles. The van der Waals surface area contributed by atoms with Gasteiger partial charge < -0.3 is 24.8 Å². The summed E-state index contributed by atoms with van der Waals surface area (Å²) in [7, 11) is 0. The van der Waals surface area contributed by atoms with Crippen LogP contribution in [-0.2, 0) is 46.0 Å². The Morgan fingerprint density at radius 2 is 0.443 bits per heavy atom. The summed E-state index contributed by atoms with van der Waals surface area (Å²) in [6.45, 7) is 9.32. The van der Waals surface area contributed by atoms with Crippen molar-refractivity contribution < 1.29 is 70.8 Å². The number of hydrogen-bond donors (Lipinski definition) is 0. The molecule has 0 saturated carbocycles. The van der Waals surface area contributed by atoms with Crippen molar-refractivity contribution in [3.05, 3.63) is 267 Å². The molecule has 70 heavy (non-hydrogen) atoms. The van der Waals surface area contributed by atoms with Crippen LogP contribution in [0.5, 0.6) is 0 Å². The monoisotopic (exact) mass is 1310 g/mol. The van der Waals surface area contributed by atoms with Crippen LogP contribution < -0.4 is 24.8 Å². The summed E-state index contributed by atoms with van der Waals surface area (Å²) in [5.41, 5.74) is 10.9. The SMILES string of the molecule is C[Si](C)=[Hf+2].C[Si](C)=[Hf+2].[Cl-].[Cl-].c1ccc(-c2cccc3[cH-]ccc23)cc1.c1ccc(-c2cccc3[cH-]ccc23)cc1.c1ccc(-c2cccc3[cH-]ccc23)cc1.c1ccc(-c2cccc3[cH-]ccc23)cc1. The minimum Gasteiger partial charge on any atom is -1.00 e. The molecule has 12 aromatic rings. The molecule has 0 saturated heterocycles. The Kier molecular flexibility index (Phi) is 23.4. The minimum absolute atomic E-state index is 0. The first-order valence-electron chi connectivity index (χ1n) is 23.1. The smallest absolute Gasteiger partial charge is 0.0279 e. The fourth-order valence-corrected chi connectivity index (χ4v) is 8.13. The van der Waals surface area contributed by atoms with Crippen LogP contribution in [0.25, 0.3) is 87.6 Å². The van der Waals surface area contributed by atoms with E-state index in [1.54, 1.807) is 0 Å². The second-order valence-electron chi connectivity index (χ2n) is 16.8. The first kappa shape index (κ1) is 55.9. The van der Waals surface area contributed by atoms with Crippen molar-refractivity contribution in [3.63, 3.8) is 0 Å². The second-order valence-corrected chi connectivity index (χ2v) is 42.4. The van der Waals surface area contributed by atoms with Gasteiger partial charge in [0, 0.05) is 0 Å². The van der Waals surface area contributed by atoms with Gasteiger partial charge in [-0.1, -0.05) is 168 Å². The first-order valence-corrected chi connectivity index (χ1v) is 38.9. The molecular formula is C64H56Cl2Hf2Si2-2. The molecule has 0 bridgehead atoms. The van der Waals surface area contributed by atoms with Crippen LogP contribution in [0.15, 0.2) is 267 Å². The average Bonchev–Trinajstić information content (AvgIpc) is 4.23. The molecule has 0 spiro atoms. The van der Waals surface area contributed by atoms with Gasteiger partial charge in [-0.15, -0.1) is 116 Å². The Balaban J connectivity index is 0.000000164. The quantitative estimate of drug-likeness (QED) is 0.122. The van der Waals surface area contributed by atoms with E-state index in [-0.39, 0.29) is 35.8 Å². The van der Waals surface area contributed by atoms with E-state index in [0.29, 0.717) is 0 Å². The Hall–Kier alpha value is -5.05. The third-order valence-electron chi connectivity index (χ3n) is 11.1. The maximum atomic E-state index is 2.33. The molecule has 0 aliphatic rings. The van der Waals surface area contributed by atoms with Crippen LogP contribution in [0.4, 0.5) is 0 Å². The van der Waals surface area contributed by atoms with Crippen molar-refractivity contribution >= 4 is 54.1 Å². The number of fused-ring (bicyclic) bond motifs is 4. The topological polar surface area (TPSA) is 0 Å². The minimum atomic E-state index is 0. The summed E-state index contributed by atoms with van der Waals surface area (Å²) in [4.78, 5) is 0. The molecule has 12 aromatic carbocycles. The molecule has 0 aromatic heterocycles. The number of hydrogen-bond acceptors (Lipinski definition) is 0. The standard InChI is InChI=1S/4C15H11.2C2H6Si.2ClH.2Hf/c4*1-2-6-12(7-3-1)14-10-4-8-13-9-5-11-15(13)14;2*1-3-2;;;;/h4*1-11H;2*1-2H3;2*1H;;/q4*-1;;;;;2*+2/p-2. The van der Waals surface area contributed by atoms with Gasteiger partial charge in [-0.25, -0.2) is 0 Å². The summed E-state index contributed by atoms with van der Waals surface area (Å²) >= 11 is 2.90. The van der Waals surface area contributed by atoms with Gasteiger partial charge in [0.15, 0.2) is 0 Å². The van der Waals surface area contributed by atoms with E-state index >= 15 is 0 Å². The third-order valence-corrected chi connectivity index (χ3v) is 11.1. The van der Waals surface area contributed by atoms with E-state index in [9.17, 15) is 0 Å². The van der Waals surface area contributed by atoms with Gasteiger partial charge in [0.2, 0.25) is 0 Å². The van der Waals surface area contributed by atoms with Crippen LogP contribution in [0.2, 0.25) is 26.2 Å². The van der Waals surface area contributed by atoms with E-state index in [1.807, 2.05) is 0 Å². The fourth-order valence-electron chi connectivity index (χ4n) is 8.13. The van der Waals surface area contributed by atoms with Gasteiger partial charge in [-0.05, 0) is 22.3 Å². The van der Waals surface area contributed by atoms with E-state index < -0.39 is 0 Å². The largest absolute Gasteiger partial charge is 1.00 e. The summed E-state index contributed by atoms with van der Waals surface area (Å²) in [5.74, 6) is 0. The van der Waals surface area contributed by atoms with Crippen LogP contribution in [0, 0.1) is 0 Å². The molecule has 0 amide bonds. The van der Waals surface area contributed by atoms with Gasteiger partial charge in [0.1, 0.15) is 0 Å². The zero-order chi connectivity index (χ0) is 47.5. The molecule has 344 valence electrons. The molecule has 0 aliphatic heterocycles. The normalized spacial score (nSPS) is 9.94.